The maximum absolute atomic E-state index is 11.0. The second-order valence-electron chi connectivity index (χ2n) is 5.17. The van der Waals surface area contributed by atoms with Crippen molar-refractivity contribution in [3.05, 3.63) is 27.9 Å². The second-order valence-corrected chi connectivity index (χ2v) is 5.17. The molecular formula is C13H22N4O2. The van der Waals surface area contributed by atoms with Gasteiger partial charge in [0.2, 0.25) is 5.82 Å². The van der Waals surface area contributed by atoms with Crippen LogP contribution < -0.4 is 10.6 Å². The van der Waals surface area contributed by atoms with E-state index in [2.05, 4.69) is 18.8 Å². The molecule has 1 rings (SSSR count). The molecule has 1 unspecified atom stereocenters. The Kier molecular flexibility index (Phi) is 5.23. The Morgan fingerprint density at radius 2 is 2.11 bits per heavy atom. The van der Waals surface area contributed by atoms with Gasteiger partial charge in [0.05, 0.1) is 4.92 Å². The Balaban J connectivity index is 2.83. The summed E-state index contributed by atoms with van der Waals surface area (Å²) in [7, 11) is 1.81. The minimum Gasteiger partial charge on any atom is -0.354 e. The molecule has 0 aliphatic carbocycles. The Labute approximate surface area is 113 Å². The number of aromatic nitrogens is 1. The predicted octanol–water partition coefficient (Wildman–Crippen LogP) is 2.11. The molecule has 0 radical (unpaired) electrons. The highest BCUT2D eigenvalue weighted by molar-refractivity contribution is 5.57. The minimum absolute atomic E-state index is 0.0335. The van der Waals surface area contributed by atoms with E-state index in [0.29, 0.717) is 18.3 Å². The molecule has 0 bridgehead atoms. The Hall–Kier alpha value is -1.69. The lowest BCUT2D eigenvalue weighted by Crippen LogP contribution is -2.32. The molecule has 0 amide bonds. The number of rotatable bonds is 6. The quantitative estimate of drug-likeness (QED) is 0.629. The molecule has 0 aliphatic rings. The van der Waals surface area contributed by atoms with Crippen LogP contribution in [0.4, 0.5) is 11.5 Å². The lowest BCUT2D eigenvalue weighted by atomic mass is 10.0. The van der Waals surface area contributed by atoms with Crippen LogP contribution in [-0.4, -0.2) is 29.5 Å². The molecule has 106 valence electrons. The summed E-state index contributed by atoms with van der Waals surface area (Å²) in [5.41, 5.74) is 6.79. The molecule has 1 aromatic heterocycles. The van der Waals surface area contributed by atoms with Crippen LogP contribution in [0.15, 0.2) is 12.1 Å². The van der Waals surface area contributed by atoms with Crippen molar-refractivity contribution < 1.29 is 4.92 Å². The van der Waals surface area contributed by atoms with Crippen LogP contribution in [-0.2, 0) is 0 Å². The van der Waals surface area contributed by atoms with E-state index in [1.165, 1.54) is 6.07 Å². The second kappa shape index (κ2) is 6.47. The van der Waals surface area contributed by atoms with E-state index < -0.39 is 4.92 Å². The molecule has 0 aliphatic heterocycles. The van der Waals surface area contributed by atoms with Crippen LogP contribution in [0.3, 0.4) is 0 Å². The van der Waals surface area contributed by atoms with Gasteiger partial charge in [0.25, 0.3) is 0 Å². The molecule has 6 nitrogen and oxygen atoms in total. The van der Waals surface area contributed by atoms with Crippen molar-refractivity contribution in [3.63, 3.8) is 0 Å². The molecule has 0 saturated heterocycles. The Bertz CT molecular complexity index is 448. The van der Waals surface area contributed by atoms with Gasteiger partial charge in [-0.3, -0.25) is 10.1 Å². The van der Waals surface area contributed by atoms with Gasteiger partial charge in [0.15, 0.2) is 0 Å². The maximum Gasteiger partial charge on any atom is 0.311 e. The lowest BCUT2D eigenvalue weighted by Gasteiger charge is -2.22. The van der Waals surface area contributed by atoms with Crippen molar-refractivity contribution in [2.75, 3.05) is 18.5 Å². The third-order valence-electron chi connectivity index (χ3n) is 3.21. The van der Waals surface area contributed by atoms with Gasteiger partial charge in [-0.2, -0.15) is 0 Å². The number of hydrogen-bond acceptors (Lipinski definition) is 5. The highest BCUT2D eigenvalue weighted by Gasteiger charge is 2.19. The van der Waals surface area contributed by atoms with E-state index in [1.54, 1.807) is 11.0 Å². The van der Waals surface area contributed by atoms with Crippen molar-refractivity contribution in [2.24, 2.45) is 11.7 Å². The first-order valence-corrected chi connectivity index (χ1v) is 6.41. The highest BCUT2D eigenvalue weighted by Crippen LogP contribution is 2.25. The van der Waals surface area contributed by atoms with Gasteiger partial charge in [-0.05, 0) is 25.3 Å². The summed E-state index contributed by atoms with van der Waals surface area (Å²) < 4.78 is 0. The molecule has 0 fully saturated rings. The zero-order valence-electron chi connectivity index (χ0n) is 12.0. The smallest absolute Gasteiger partial charge is 0.311 e. The summed E-state index contributed by atoms with van der Waals surface area (Å²) in [5, 5.41) is 11.0. The SMILES string of the molecule is Cc1ccc([N+](=O)[O-])c(N(C)CCC(N)C(C)C)n1. The van der Waals surface area contributed by atoms with E-state index in [-0.39, 0.29) is 11.7 Å². The number of hydrogen-bond donors (Lipinski definition) is 1. The van der Waals surface area contributed by atoms with Crippen LogP contribution in [0.1, 0.15) is 26.0 Å². The number of nitrogens with zero attached hydrogens (tertiary/aromatic N) is 3. The van der Waals surface area contributed by atoms with Crippen LogP contribution in [0.2, 0.25) is 0 Å². The first-order chi connectivity index (χ1) is 8.82. The average Bonchev–Trinajstić information content (AvgIpc) is 2.34. The summed E-state index contributed by atoms with van der Waals surface area (Å²) >= 11 is 0. The fraction of sp³-hybridized carbons (Fsp3) is 0.615. The molecular weight excluding hydrogens is 244 g/mol. The average molecular weight is 266 g/mol. The summed E-state index contributed by atoms with van der Waals surface area (Å²) in [6, 6.07) is 3.23. The van der Waals surface area contributed by atoms with Crippen LogP contribution in [0, 0.1) is 23.0 Å². The summed E-state index contributed by atoms with van der Waals surface area (Å²) in [4.78, 5) is 16.7. The first kappa shape index (κ1) is 15.4. The minimum atomic E-state index is -0.402. The lowest BCUT2D eigenvalue weighted by molar-refractivity contribution is -0.384. The van der Waals surface area contributed by atoms with Gasteiger partial charge in [-0.25, -0.2) is 4.98 Å². The Morgan fingerprint density at radius 3 is 2.63 bits per heavy atom. The molecule has 2 N–H and O–H groups in total. The molecule has 1 aromatic rings. The molecule has 0 saturated carbocycles. The monoisotopic (exact) mass is 266 g/mol. The van der Waals surface area contributed by atoms with Crippen LogP contribution >= 0.6 is 0 Å². The number of anilines is 1. The van der Waals surface area contributed by atoms with Gasteiger partial charge in [0, 0.05) is 31.4 Å². The van der Waals surface area contributed by atoms with Crippen molar-refractivity contribution in [2.45, 2.75) is 33.2 Å². The van der Waals surface area contributed by atoms with Crippen LogP contribution in [0.5, 0.6) is 0 Å². The largest absolute Gasteiger partial charge is 0.354 e. The van der Waals surface area contributed by atoms with Gasteiger partial charge in [-0.15, -0.1) is 0 Å². The number of aryl methyl sites for hydroxylation is 1. The third-order valence-corrected chi connectivity index (χ3v) is 3.21. The molecule has 6 heteroatoms. The third kappa shape index (κ3) is 4.17. The zero-order valence-corrected chi connectivity index (χ0v) is 12.0. The van der Waals surface area contributed by atoms with Crippen molar-refractivity contribution in [1.82, 2.24) is 4.98 Å². The molecule has 0 spiro atoms. The zero-order chi connectivity index (χ0) is 14.6. The normalized spacial score (nSPS) is 12.5. The summed E-state index contributed by atoms with van der Waals surface area (Å²) in [6.45, 7) is 6.60. The first-order valence-electron chi connectivity index (χ1n) is 6.41. The van der Waals surface area contributed by atoms with E-state index in [0.717, 1.165) is 12.1 Å². The van der Waals surface area contributed by atoms with E-state index in [1.807, 2.05) is 14.0 Å². The Morgan fingerprint density at radius 1 is 1.47 bits per heavy atom. The van der Waals surface area contributed by atoms with E-state index in [9.17, 15) is 10.1 Å². The molecule has 1 heterocycles. The predicted molar refractivity (Wildman–Crippen MR) is 76.3 cm³/mol. The van der Waals surface area contributed by atoms with Gasteiger partial charge >= 0.3 is 5.69 Å². The van der Waals surface area contributed by atoms with E-state index in [4.69, 9.17) is 5.73 Å². The maximum atomic E-state index is 11.0. The van der Waals surface area contributed by atoms with Crippen molar-refractivity contribution in [3.8, 4) is 0 Å². The van der Waals surface area contributed by atoms with E-state index >= 15 is 0 Å². The highest BCUT2D eigenvalue weighted by atomic mass is 16.6. The fourth-order valence-electron chi connectivity index (χ4n) is 1.74. The molecule has 0 aromatic carbocycles. The summed E-state index contributed by atoms with van der Waals surface area (Å²) in [6.07, 6.45) is 0.779. The summed E-state index contributed by atoms with van der Waals surface area (Å²) in [5.74, 6) is 0.801. The number of nitro groups is 1. The van der Waals surface area contributed by atoms with Crippen molar-refractivity contribution in [1.29, 1.82) is 0 Å². The molecule has 1 atom stereocenters. The number of pyridine rings is 1. The standard InChI is InChI=1S/C13H22N4O2/c1-9(2)11(14)7-8-16(4)13-12(17(18)19)6-5-10(3)15-13/h5-6,9,11H,7-8,14H2,1-4H3. The fourth-order valence-corrected chi connectivity index (χ4v) is 1.74. The molecule has 19 heavy (non-hydrogen) atoms. The number of nitrogens with two attached hydrogens (primary N) is 1. The van der Waals surface area contributed by atoms with Gasteiger partial charge in [0.1, 0.15) is 0 Å². The van der Waals surface area contributed by atoms with Gasteiger partial charge in [-0.1, -0.05) is 13.8 Å². The van der Waals surface area contributed by atoms with Crippen molar-refractivity contribution >= 4 is 11.5 Å². The topological polar surface area (TPSA) is 85.3 Å². The van der Waals surface area contributed by atoms with Gasteiger partial charge < -0.3 is 10.6 Å². The van der Waals surface area contributed by atoms with Crippen LogP contribution in [0.25, 0.3) is 0 Å².